The van der Waals surface area contributed by atoms with Crippen LogP contribution in [0, 0.1) is 0 Å². The predicted octanol–water partition coefficient (Wildman–Crippen LogP) is 1.09. The normalized spacial score (nSPS) is 12.0. The van der Waals surface area contributed by atoms with Gasteiger partial charge in [0.25, 0.3) is 0 Å². The molecular weight excluding hydrogens is 223 g/mol. The van der Waals surface area contributed by atoms with Crippen molar-refractivity contribution in [2.45, 2.75) is 12.7 Å². The first-order valence-corrected chi connectivity index (χ1v) is 4.80. The van der Waals surface area contributed by atoms with Gasteiger partial charge >= 0.3 is 6.18 Å². The first-order chi connectivity index (χ1) is 7.47. The molecule has 0 amide bonds. The number of alkyl halides is 3. The molecule has 1 aromatic rings. The minimum absolute atomic E-state index is 0.0414. The van der Waals surface area contributed by atoms with E-state index < -0.39 is 12.8 Å². The molecular formula is C9H14F3N3O. The maximum atomic E-state index is 11.7. The van der Waals surface area contributed by atoms with Gasteiger partial charge in [-0.15, -0.1) is 0 Å². The van der Waals surface area contributed by atoms with Gasteiger partial charge in [0, 0.05) is 31.9 Å². The number of nitrogens with zero attached hydrogens (tertiary/aromatic N) is 2. The highest BCUT2D eigenvalue weighted by Crippen LogP contribution is 2.13. The third-order valence-corrected chi connectivity index (χ3v) is 1.78. The molecule has 0 aromatic carbocycles. The lowest BCUT2D eigenvalue weighted by atomic mass is 10.3. The van der Waals surface area contributed by atoms with Crippen LogP contribution < -0.4 is 5.32 Å². The van der Waals surface area contributed by atoms with Crippen molar-refractivity contribution in [2.75, 3.05) is 19.8 Å². The second-order valence-electron chi connectivity index (χ2n) is 3.37. The van der Waals surface area contributed by atoms with E-state index in [4.69, 9.17) is 0 Å². The van der Waals surface area contributed by atoms with E-state index in [0.717, 1.165) is 5.56 Å². The van der Waals surface area contributed by atoms with Crippen molar-refractivity contribution in [3.8, 4) is 0 Å². The number of halogens is 3. The van der Waals surface area contributed by atoms with Crippen LogP contribution in [0.5, 0.6) is 0 Å². The Morgan fingerprint density at radius 3 is 2.81 bits per heavy atom. The first kappa shape index (κ1) is 13.0. The van der Waals surface area contributed by atoms with E-state index in [1.807, 2.05) is 6.20 Å². The lowest BCUT2D eigenvalue weighted by molar-refractivity contribution is -0.173. The Balaban J connectivity index is 2.00. The predicted molar refractivity (Wildman–Crippen MR) is 51.8 cm³/mol. The molecule has 1 rings (SSSR count). The van der Waals surface area contributed by atoms with Gasteiger partial charge in [0.1, 0.15) is 6.61 Å². The van der Waals surface area contributed by atoms with Crippen LogP contribution in [0.2, 0.25) is 0 Å². The summed E-state index contributed by atoms with van der Waals surface area (Å²) in [5.41, 5.74) is 0.985. The largest absolute Gasteiger partial charge is 0.411 e. The zero-order valence-electron chi connectivity index (χ0n) is 8.92. The zero-order chi connectivity index (χ0) is 12.0. The van der Waals surface area contributed by atoms with Crippen LogP contribution in [0.15, 0.2) is 12.4 Å². The second-order valence-corrected chi connectivity index (χ2v) is 3.37. The topological polar surface area (TPSA) is 39.1 Å². The fourth-order valence-corrected chi connectivity index (χ4v) is 1.13. The monoisotopic (exact) mass is 237 g/mol. The Labute approximate surface area is 91.4 Å². The summed E-state index contributed by atoms with van der Waals surface area (Å²) < 4.78 is 41.1. The average molecular weight is 237 g/mol. The fourth-order valence-electron chi connectivity index (χ4n) is 1.13. The van der Waals surface area contributed by atoms with E-state index in [1.165, 1.54) is 0 Å². The maximum Gasteiger partial charge on any atom is 0.411 e. The number of aromatic nitrogens is 2. The Hall–Kier alpha value is -1.08. The van der Waals surface area contributed by atoms with E-state index >= 15 is 0 Å². The van der Waals surface area contributed by atoms with Crippen LogP contribution in [0.4, 0.5) is 13.2 Å². The van der Waals surface area contributed by atoms with Gasteiger partial charge in [-0.25, -0.2) is 0 Å². The van der Waals surface area contributed by atoms with Gasteiger partial charge in [0.15, 0.2) is 0 Å². The zero-order valence-corrected chi connectivity index (χ0v) is 8.92. The number of nitrogens with one attached hydrogen (secondary N) is 1. The molecule has 0 aliphatic heterocycles. The Bertz CT molecular complexity index is 311. The molecule has 0 bridgehead atoms. The molecule has 0 aliphatic carbocycles. The van der Waals surface area contributed by atoms with Gasteiger partial charge in [-0.2, -0.15) is 18.3 Å². The van der Waals surface area contributed by atoms with Gasteiger partial charge in [0.05, 0.1) is 12.8 Å². The van der Waals surface area contributed by atoms with Gasteiger partial charge in [-0.3, -0.25) is 4.68 Å². The molecule has 4 nitrogen and oxygen atoms in total. The minimum Gasteiger partial charge on any atom is -0.371 e. The fraction of sp³-hybridized carbons (Fsp3) is 0.667. The van der Waals surface area contributed by atoms with Crippen molar-refractivity contribution in [1.29, 1.82) is 0 Å². The van der Waals surface area contributed by atoms with Crippen LogP contribution in [-0.4, -0.2) is 35.7 Å². The smallest absolute Gasteiger partial charge is 0.371 e. The number of hydrogen-bond acceptors (Lipinski definition) is 3. The summed E-state index contributed by atoms with van der Waals surface area (Å²) in [6.45, 7) is -0.199. The van der Waals surface area contributed by atoms with Gasteiger partial charge < -0.3 is 10.1 Å². The number of aryl methyl sites for hydroxylation is 1. The van der Waals surface area contributed by atoms with Crippen molar-refractivity contribution < 1.29 is 17.9 Å². The van der Waals surface area contributed by atoms with Crippen molar-refractivity contribution in [2.24, 2.45) is 7.05 Å². The summed E-state index contributed by atoms with van der Waals surface area (Å²) in [7, 11) is 1.80. The van der Waals surface area contributed by atoms with Crippen LogP contribution in [0.25, 0.3) is 0 Å². The van der Waals surface area contributed by atoms with Crippen molar-refractivity contribution in [3.05, 3.63) is 18.0 Å². The summed E-state index contributed by atoms with van der Waals surface area (Å²) in [6, 6.07) is 0. The van der Waals surface area contributed by atoms with Crippen molar-refractivity contribution >= 4 is 0 Å². The van der Waals surface area contributed by atoms with Crippen LogP contribution in [0.3, 0.4) is 0 Å². The summed E-state index contributed by atoms with van der Waals surface area (Å²) in [5.74, 6) is 0. The molecule has 0 fully saturated rings. The van der Waals surface area contributed by atoms with E-state index in [0.29, 0.717) is 13.1 Å². The molecule has 0 saturated heterocycles. The minimum atomic E-state index is -4.25. The van der Waals surface area contributed by atoms with Crippen molar-refractivity contribution in [1.82, 2.24) is 15.1 Å². The third kappa shape index (κ3) is 5.72. The van der Waals surface area contributed by atoms with Gasteiger partial charge in [-0.05, 0) is 0 Å². The molecule has 1 aromatic heterocycles. The van der Waals surface area contributed by atoms with Crippen LogP contribution >= 0.6 is 0 Å². The van der Waals surface area contributed by atoms with E-state index in [2.05, 4.69) is 15.2 Å². The highest BCUT2D eigenvalue weighted by Gasteiger charge is 2.27. The molecule has 92 valence electrons. The van der Waals surface area contributed by atoms with Crippen LogP contribution in [-0.2, 0) is 18.3 Å². The number of hydrogen-bond donors (Lipinski definition) is 1. The highest BCUT2D eigenvalue weighted by atomic mass is 19.4. The molecule has 0 spiro atoms. The van der Waals surface area contributed by atoms with E-state index in [-0.39, 0.29) is 6.61 Å². The molecule has 0 aliphatic rings. The number of rotatable bonds is 6. The molecule has 1 heterocycles. The van der Waals surface area contributed by atoms with E-state index in [9.17, 15) is 13.2 Å². The molecule has 0 atom stereocenters. The first-order valence-electron chi connectivity index (χ1n) is 4.80. The Kier molecular flexibility index (Phi) is 4.75. The van der Waals surface area contributed by atoms with Gasteiger partial charge in [-0.1, -0.05) is 0 Å². The average Bonchev–Trinajstić information content (AvgIpc) is 2.56. The SMILES string of the molecule is Cn1cc(CNCCOCC(F)(F)F)cn1. The molecule has 16 heavy (non-hydrogen) atoms. The quantitative estimate of drug-likeness (QED) is 0.753. The Morgan fingerprint density at radius 2 is 2.25 bits per heavy atom. The second kappa shape index (κ2) is 5.86. The summed E-state index contributed by atoms with van der Waals surface area (Å²) in [5, 5.41) is 6.92. The number of ether oxygens (including phenoxy) is 1. The standard InChI is InChI=1S/C9H14F3N3O/c1-15-6-8(5-14-15)4-13-2-3-16-7-9(10,11)12/h5-6,13H,2-4,7H2,1H3. The molecule has 0 unspecified atom stereocenters. The highest BCUT2D eigenvalue weighted by molar-refractivity contribution is 5.02. The summed E-state index contributed by atoms with van der Waals surface area (Å²) in [4.78, 5) is 0. The van der Waals surface area contributed by atoms with Gasteiger partial charge in [0.2, 0.25) is 0 Å². The lowest BCUT2D eigenvalue weighted by Gasteiger charge is -2.07. The maximum absolute atomic E-state index is 11.7. The lowest BCUT2D eigenvalue weighted by Crippen LogP contribution is -2.23. The molecule has 0 saturated carbocycles. The Morgan fingerprint density at radius 1 is 1.50 bits per heavy atom. The summed E-state index contributed by atoms with van der Waals surface area (Å²) in [6.07, 6.45) is -0.712. The van der Waals surface area contributed by atoms with Crippen molar-refractivity contribution in [3.63, 3.8) is 0 Å². The molecule has 7 heteroatoms. The summed E-state index contributed by atoms with van der Waals surface area (Å²) >= 11 is 0. The molecule has 1 N–H and O–H groups in total. The van der Waals surface area contributed by atoms with E-state index in [1.54, 1.807) is 17.9 Å². The van der Waals surface area contributed by atoms with Crippen LogP contribution in [0.1, 0.15) is 5.56 Å². The molecule has 0 radical (unpaired) electrons. The third-order valence-electron chi connectivity index (χ3n) is 1.78.